The van der Waals surface area contributed by atoms with Crippen LogP contribution in [0.15, 0.2) is 96.1 Å². The predicted molar refractivity (Wildman–Crippen MR) is 158 cm³/mol. The second-order valence-corrected chi connectivity index (χ2v) is 9.20. The van der Waals surface area contributed by atoms with E-state index in [1.54, 1.807) is 54.6 Å². The van der Waals surface area contributed by atoms with Crippen LogP contribution in [0.4, 0.5) is 0 Å². The number of nitrogens with zero attached hydrogens (tertiary/aromatic N) is 2. The zero-order chi connectivity index (χ0) is 28.8. The minimum atomic E-state index is -0.614. The summed E-state index contributed by atoms with van der Waals surface area (Å²) in [5.41, 5.74) is 6.18. The number of benzene rings is 4. The minimum absolute atomic E-state index is 0.219. The number of aromatic nitrogens is 1. The van der Waals surface area contributed by atoms with Gasteiger partial charge in [0.1, 0.15) is 11.8 Å². The smallest absolute Gasteiger partial charge is 0.345 e. The van der Waals surface area contributed by atoms with Crippen LogP contribution in [-0.2, 0) is 0 Å². The Labute approximate surface area is 240 Å². The zero-order valence-corrected chi connectivity index (χ0v) is 22.6. The summed E-state index contributed by atoms with van der Waals surface area (Å²) in [6, 6.07) is 28.5. The van der Waals surface area contributed by atoms with Crippen molar-refractivity contribution in [2.75, 3.05) is 6.61 Å². The summed E-state index contributed by atoms with van der Waals surface area (Å²) < 4.78 is 11.2. The van der Waals surface area contributed by atoms with Gasteiger partial charge in [-0.15, -0.1) is 0 Å². The summed E-state index contributed by atoms with van der Waals surface area (Å²) >= 11 is 6.12. The van der Waals surface area contributed by atoms with Gasteiger partial charge in [0.25, 0.3) is 5.91 Å². The highest BCUT2D eigenvalue weighted by atomic mass is 35.5. The normalized spacial score (nSPS) is 10.9. The zero-order valence-electron chi connectivity index (χ0n) is 21.9. The Kier molecular flexibility index (Phi) is 8.09. The van der Waals surface area contributed by atoms with E-state index in [9.17, 15) is 14.9 Å². The standard InChI is InChI=1S/C32H23ClN4O4/c1-2-40-27-17-20(15-16-26(27)41-32(39)23-12-6-7-14-25(23)33)19-35-37-31(38)30-28(21-9-4-3-5-10-21)24-13-8-11-22(18-34)29(24)36-30/h3-17,19,36H,2H2,1H3,(H,37,38). The number of fused-ring (bicyclic) bond motifs is 1. The number of amides is 1. The van der Waals surface area contributed by atoms with Gasteiger partial charge < -0.3 is 14.5 Å². The average Bonchev–Trinajstić information content (AvgIpc) is 3.39. The Morgan fingerprint density at radius 1 is 1.00 bits per heavy atom. The van der Waals surface area contributed by atoms with Crippen molar-refractivity contribution >= 4 is 40.6 Å². The lowest BCUT2D eigenvalue weighted by atomic mass is 10.0. The number of para-hydroxylation sites is 1. The summed E-state index contributed by atoms with van der Waals surface area (Å²) in [4.78, 5) is 29.0. The van der Waals surface area contributed by atoms with Crippen LogP contribution < -0.4 is 14.9 Å². The number of nitrogens with one attached hydrogen (secondary N) is 2. The first-order valence-electron chi connectivity index (χ1n) is 12.7. The Morgan fingerprint density at radius 2 is 1.78 bits per heavy atom. The van der Waals surface area contributed by atoms with Crippen LogP contribution >= 0.6 is 11.6 Å². The van der Waals surface area contributed by atoms with E-state index >= 15 is 0 Å². The molecule has 5 rings (SSSR count). The van der Waals surface area contributed by atoms with Crippen molar-refractivity contribution in [2.24, 2.45) is 5.10 Å². The molecule has 0 radical (unpaired) electrons. The van der Waals surface area contributed by atoms with Crippen LogP contribution in [0, 0.1) is 11.3 Å². The number of H-pyrrole nitrogens is 1. The van der Waals surface area contributed by atoms with Gasteiger partial charge in [-0.3, -0.25) is 4.79 Å². The first-order valence-corrected chi connectivity index (χ1v) is 13.0. The molecule has 0 saturated heterocycles. The fourth-order valence-corrected chi connectivity index (χ4v) is 4.56. The molecular formula is C32H23ClN4O4. The molecule has 5 aromatic rings. The molecule has 0 unspecified atom stereocenters. The molecule has 1 aromatic heterocycles. The quantitative estimate of drug-likeness (QED) is 0.0939. The molecule has 1 heterocycles. The molecule has 0 bridgehead atoms. The highest BCUT2D eigenvalue weighted by Crippen LogP contribution is 2.34. The lowest BCUT2D eigenvalue weighted by molar-refractivity contribution is 0.0728. The fourth-order valence-electron chi connectivity index (χ4n) is 4.35. The van der Waals surface area contributed by atoms with Gasteiger partial charge in [-0.2, -0.15) is 10.4 Å². The average molecular weight is 563 g/mol. The van der Waals surface area contributed by atoms with Crippen LogP contribution in [0.2, 0.25) is 5.02 Å². The van der Waals surface area contributed by atoms with Crippen LogP contribution in [-0.4, -0.2) is 29.7 Å². The molecule has 0 saturated carbocycles. The molecule has 4 aromatic carbocycles. The van der Waals surface area contributed by atoms with Crippen LogP contribution in [0.5, 0.6) is 11.5 Å². The van der Waals surface area contributed by atoms with Gasteiger partial charge in [-0.25, -0.2) is 10.2 Å². The fraction of sp³-hybridized carbons (Fsp3) is 0.0625. The second kappa shape index (κ2) is 12.2. The number of hydrazone groups is 1. The number of nitriles is 1. The van der Waals surface area contributed by atoms with Crippen LogP contribution in [0.25, 0.3) is 22.0 Å². The molecule has 202 valence electrons. The summed E-state index contributed by atoms with van der Waals surface area (Å²) in [5.74, 6) is -0.543. The Hall–Kier alpha value is -5.39. The van der Waals surface area contributed by atoms with Crippen molar-refractivity contribution in [3.05, 3.63) is 118 Å². The van der Waals surface area contributed by atoms with E-state index in [0.717, 1.165) is 10.9 Å². The highest BCUT2D eigenvalue weighted by molar-refractivity contribution is 6.33. The molecule has 2 N–H and O–H groups in total. The molecule has 0 atom stereocenters. The maximum absolute atomic E-state index is 13.3. The van der Waals surface area contributed by atoms with Crippen molar-refractivity contribution in [2.45, 2.75) is 6.92 Å². The lowest BCUT2D eigenvalue weighted by Gasteiger charge is -2.12. The topological polar surface area (TPSA) is 117 Å². The van der Waals surface area contributed by atoms with Gasteiger partial charge in [0, 0.05) is 10.9 Å². The number of hydrogen-bond acceptors (Lipinski definition) is 6. The minimum Gasteiger partial charge on any atom is -0.490 e. The lowest BCUT2D eigenvalue weighted by Crippen LogP contribution is -2.19. The number of rotatable bonds is 8. The van der Waals surface area contributed by atoms with Gasteiger partial charge in [0.05, 0.1) is 34.5 Å². The first kappa shape index (κ1) is 27.2. The Balaban J connectivity index is 1.39. The maximum Gasteiger partial charge on any atom is 0.345 e. The molecule has 0 aliphatic rings. The molecule has 1 amide bonds. The molecule has 0 aliphatic carbocycles. The molecule has 41 heavy (non-hydrogen) atoms. The van der Waals surface area contributed by atoms with E-state index < -0.39 is 11.9 Å². The Morgan fingerprint density at radius 3 is 2.54 bits per heavy atom. The van der Waals surface area contributed by atoms with Gasteiger partial charge in [-0.05, 0) is 54.4 Å². The number of carbonyl (C=O) groups excluding carboxylic acids is 2. The van der Waals surface area contributed by atoms with Gasteiger partial charge in [-0.1, -0.05) is 66.2 Å². The number of halogens is 1. The van der Waals surface area contributed by atoms with E-state index in [2.05, 4.69) is 21.6 Å². The number of ether oxygens (including phenoxy) is 2. The molecule has 8 nitrogen and oxygen atoms in total. The number of esters is 1. The summed E-state index contributed by atoms with van der Waals surface area (Å²) in [6.07, 6.45) is 1.45. The summed E-state index contributed by atoms with van der Waals surface area (Å²) in [5, 5.41) is 14.7. The SMILES string of the molecule is CCOc1cc(C=NNC(=O)c2[nH]c3c(C#N)cccc3c2-c2ccccc2)ccc1OC(=O)c1ccccc1Cl. The molecule has 0 spiro atoms. The first-order chi connectivity index (χ1) is 20.0. The van der Waals surface area contributed by atoms with Crippen molar-refractivity contribution in [3.8, 4) is 28.7 Å². The van der Waals surface area contributed by atoms with Crippen LogP contribution in [0.1, 0.15) is 38.9 Å². The molecular weight excluding hydrogens is 540 g/mol. The van der Waals surface area contributed by atoms with Gasteiger partial charge in [0.15, 0.2) is 11.5 Å². The maximum atomic E-state index is 13.3. The van der Waals surface area contributed by atoms with Crippen molar-refractivity contribution < 1.29 is 19.1 Å². The number of carbonyl (C=O) groups is 2. The van der Waals surface area contributed by atoms with Crippen molar-refractivity contribution in [1.29, 1.82) is 5.26 Å². The van der Waals surface area contributed by atoms with E-state index in [0.29, 0.717) is 34.6 Å². The third kappa shape index (κ3) is 5.81. The summed E-state index contributed by atoms with van der Waals surface area (Å²) in [7, 11) is 0. The van der Waals surface area contributed by atoms with Crippen molar-refractivity contribution in [1.82, 2.24) is 10.4 Å². The predicted octanol–water partition coefficient (Wildman–Crippen LogP) is 6.74. The van der Waals surface area contributed by atoms with E-state index in [1.165, 1.54) is 6.21 Å². The Bertz CT molecular complexity index is 1820. The number of hydrogen-bond donors (Lipinski definition) is 2. The van der Waals surface area contributed by atoms with E-state index in [-0.39, 0.29) is 22.0 Å². The molecule has 9 heteroatoms. The number of aromatic amines is 1. The van der Waals surface area contributed by atoms with Gasteiger partial charge in [0.2, 0.25) is 0 Å². The third-order valence-electron chi connectivity index (χ3n) is 6.19. The molecule has 0 fully saturated rings. The third-order valence-corrected chi connectivity index (χ3v) is 6.52. The van der Waals surface area contributed by atoms with Crippen molar-refractivity contribution in [3.63, 3.8) is 0 Å². The van der Waals surface area contributed by atoms with E-state index in [4.69, 9.17) is 21.1 Å². The summed E-state index contributed by atoms with van der Waals surface area (Å²) in [6.45, 7) is 2.14. The van der Waals surface area contributed by atoms with Crippen LogP contribution in [0.3, 0.4) is 0 Å². The van der Waals surface area contributed by atoms with E-state index in [1.807, 2.05) is 43.3 Å². The highest BCUT2D eigenvalue weighted by Gasteiger charge is 2.21. The monoisotopic (exact) mass is 562 g/mol. The molecule has 0 aliphatic heterocycles. The van der Waals surface area contributed by atoms with Gasteiger partial charge >= 0.3 is 5.97 Å². The second-order valence-electron chi connectivity index (χ2n) is 8.79. The largest absolute Gasteiger partial charge is 0.490 e.